The first kappa shape index (κ1) is 14.0. The second-order valence-corrected chi connectivity index (χ2v) is 4.86. The van der Waals surface area contributed by atoms with Crippen LogP contribution < -0.4 is 11.1 Å². The molecular weight excluding hydrogens is 258 g/mol. The van der Waals surface area contributed by atoms with Crippen LogP contribution in [0.25, 0.3) is 0 Å². The van der Waals surface area contributed by atoms with E-state index >= 15 is 0 Å². The lowest BCUT2D eigenvalue weighted by atomic mass is 10.2. The van der Waals surface area contributed by atoms with Crippen LogP contribution in [0.3, 0.4) is 0 Å². The van der Waals surface area contributed by atoms with E-state index in [2.05, 4.69) is 20.4 Å². The Hall–Kier alpha value is -2.44. The van der Waals surface area contributed by atoms with Gasteiger partial charge >= 0.3 is 0 Å². The fourth-order valence-corrected chi connectivity index (χ4v) is 1.56. The number of carbonyl (C=O) groups excluding carboxylic acids is 1. The normalized spacial score (nSPS) is 10.8. The largest absolute Gasteiger partial charge is 0.396 e. The average molecular weight is 275 g/mol. The number of amides is 1. The minimum Gasteiger partial charge on any atom is -0.396 e. The molecule has 0 bridgehead atoms. The van der Waals surface area contributed by atoms with Crippen molar-refractivity contribution >= 4 is 17.5 Å². The standard InChI is InChI=1S/C13H17N5O2/c1-6(2)11-15-5-9(14)10(16-11)12(19)17-13-7(3)8(4)18-20-13/h5-6H,14H2,1-4H3,(H,17,19). The lowest BCUT2D eigenvalue weighted by molar-refractivity contribution is 0.101. The van der Waals surface area contributed by atoms with E-state index in [4.69, 9.17) is 10.3 Å². The van der Waals surface area contributed by atoms with E-state index < -0.39 is 5.91 Å². The van der Waals surface area contributed by atoms with Crippen molar-refractivity contribution in [1.29, 1.82) is 0 Å². The van der Waals surface area contributed by atoms with Crippen LogP contribution in [-0.4, -0.2) is 21.0 Å². The fourth-order valence-electron chi connectivity index (χ4n) is 1.56. The number of nitrogens with one attached hydrogen (secondary N) is 1. The second-order valence-electron chi connectivity index (χ2n) is 4.86. The summed E-state index contributed by atoms with van der Waals surface area (Å²) in [5.74, 6) is 0.536. The highest BCUT2D eigenvalue weighted by Gasteiger charge is 2.18. The Bertz CT molecular complexity index is 648. The molecule has 106 valence electrons. The van der Waals surface area contributed by atoms with Crippen molar-refractivity contribution < 1.29 is 9.32 Å². The lowest BCUT2D eigenvalue weighted by Gasteiger charge is -2.08. The van der Waals surface area contributed by atoms with E-state index in [1.807, 2.05) is 20.8 Å². The van der Waals surface area contributed by atoms with Crippen LogP contribution in [0, 0.1) is 13.8 Å². The van der Waals surface area contributed by atoms with Gasteiger partial charge in [0.25, 0.3) is 5.91 Å². The average Bonchev–Trinajstić information content (AvgIpc) is 2.71. The maximum Gasteiger partial charge on any atom is 0.278 e. The Morgan fingerprint density at radius 2 is 2.10 bits per heavy atom. The van der Waals surface area contributed by atoms with E-state index in [0.29, 0.717) is 11.7 Å². The number of anilines is 2. The minimum atomic E-state index is -0.439. The molecule has 20 heavy (non-hydrogen) atoms. The van der Waals surface area contributed by atoms with Gasteiger partial charge in [0.2, 0.25) is 5.88 Å². The molecule has 1 amide bonds. The van der Waals surface area contributed by atoms with Crippen molar-refractivity contribution in [3.63, 3.8) is 0 Å². The lowest BCUT2D eigenvalue weighted by Crippen LogP contribution is -2.18. The van der Waals surface area contributed by atoms with Gasteiger partial charge in [-0.1, -0.05) is 19.0 Å². The summed E-state index contributed by atoms with van der Waals surface area (Å²) in [6, 6.07) is 0. The van der Waals surface area contributed by atoms with Crippen molar-refractivity contribution in [1.82, 2.24) is 15.1 Å². The quantitative estimate of drug-likeness (QED) is 0.887. The Kier molecular flexibility index (Phi) is 3.69. The van der Waals surface area contributed by atoms with Crippen LogP contribution in [0.4, 0.5) is 11.6 Å². The number of hydrogen-bond acceptors (Lipinski definition) is 6. The Labute approximate surface area is 116 Å². The zero-order chi connectivity index (χ0) is 14.9. The summed E-state index contributed by atoms with van der Waals surface area (Å²) in [7, 11) is 0. The zero-order valence-corrected chi connectivity index (χ0v) is 11.9. The molecule has 0 saturated carbocycles. The zero-order valence-electron chi connectivity index (χ0n) is 11.9. The Morgan fingerprint density at radius 3 is 2.65 bits per heavy atom. The SMILES string of the molecule is Cc1noc(NC(=O)c2nc(C(C)C)ncc2N)c1C. The number of rotatable bonds is 3. The third-order valence-corrected chi connectivity index (χ3v) is 2.95. The summed E-state index contributed by atoms with van der Waals surface area (Å²) < 4.78 is 5.04. The number of aromatic nitrogens is 3. The number of nitrogen functional groups attached to an aromatic ring is 1. The van der Waals surface area contributed by atoms with Gasteiger partial charge in [-0.2, -0.15) is 0 Å². The molecule has 7 heteroatoms. The highest BCUT2D eigenvalue weighted by atomic mass is 16.5. The van der Waals surface area contributed by atoms with Crippen LogP contribution in [-0.2, 0) is 0 Å². The van der Waals surface area contributed by atoms with Gasteiger partial charge in [-0.15, -0.1) is 0 Å². The van der Waals surface area contributed by atoms with E-state index in [1.54, 1.807) is 6.92 Å². The summed E-state index contributed by atoms with van der Waals surface area (Å²) in [6.07, 6.45) is 1.44. The monoisotopic (exact) mass is 275 g/mol. The molecule has 0 unspecified atom stereocenters. The summed E-state index contributed by atoms with van der Waals surface area (Å²) in [4.78, 5) is 20.5. The molecule has 0 aromatic carbocycles. The van der Waals surface area contributed by atoms with Crippen LogP contribution in [0.5, 0.6) is 0 Å². The third kappa shape index (κ3) is 2.61. The summed E-state index contributed by atoms with van der Waals surface area (Å²) in [6.45, 7) is 7.49. The van der Waals surface area contributed by atoms with Crippen LogP contribution >= 0.6 is 0 Å². The molecule has 2 heterocycles. The van der Waals surface area contributed by atoms with Gasteiger partial charge in [-0.3, -0.25) is 10.1 Å². The van der Waals surface area contributed by atoms with E-state index in [9.17, 15) is 4.79 Å². The first-order chi connectivity index (χ1) is 9.40. The van der Waals surface area contributed by atoms with Gasteiger partial charge < -0.3 is 10.3 Å². The smallest absolute Gasteiger partial charge is 0.278 e. The van der Waals surface area contributed by atoms with E-state index in [-0.39, 0.29) is 17.3 Å². The first-order valence-corrected chi connectivity index (χ1v) is 6.26. The number of hydrogen-bond donors (Lipinski definition) is 2. The molecule has 3 N–H and O–H groups in total. The topological polar surface area (TPSA) is 107 Å². The Balaban J connectivity index is 2.29. The molecule has 0 saturated heterocycles. The van der Waals surface area contributed by atoms with Crippen molar-refractivity contribution in [2.75, 3.05) is 11.1 Å². The third-order valence-electron chi connectivity index (χ3n) is 2.95. The summed E-state index contributed by atoms with van der Waals surface area (Å²) in [5.41, 5.74) is 7.61. The predicted molar refractivity (Wildman–Crippen MR) is 74.5 cm³/mol. The summed E-state index contributed by atoms with van der Waals surface area (Å²) >= 11 is 0. The first-order valence-electron chi connectivity index (χ1n) is 6.26. The van der Waals surface area contributed by atoms with Crippen LogP contribution in [0.1, 0.15) is 47.3 Å². The van der Waals surface area contributed by atoms with E-state index in [0.717, 1.165) is 11.3 Å². The summed E-state index contributed by atoms with van der Waals surface area (Å²) in [5, 5.41) is 6.39. The van der Waals surface area contributed by atoms with Gasteiger partial charge in [0.15, 0.2) is 5.69 Å². The molecule has 2 aromatic heterocycles. The predicted octanol–water partition coefficient (Wildman–Crippen LogP) is 2.04. The molecule has 0 atom stereocenters. The maximum absolute atomic E-state index is 12.2. The Morgan fingerprint density at radius 1 is 1.40 bits per heavy atom. The minimum absolute atomic E-state index is 0.108. The van der Waals surface area contributed by atoms with Crippen molar-refractivity contribution in [2.24, 2.45) is 0 Å². The van der Waals surface area contributed by atoms with Gasteiger partial charge in [0.1, 0.15) is 5.82 Å². The van der Waals surface area contributed by atoms with Crippen molar-refractivity contribution in [2.45, 2.75) is 33.6 Å². The fraction of sp³-hybridized carbons (Fsp3) is 0.385. The molecule has 0 fully saturated rings. The van der Waals surface area contributed by atoms with Gasteiger partial charge in [-0.25, -0.2) is 9.97 Å². The molecule has 0 aliphatic heterocycles. The highest BCUT2D eigenvalue weighted by Crippen LogP contribution is 2.20. The van der Waals surface area contributed by atoms with Crippen molar-refractivity contribution in [3.05, 3.63) is 29.0 Å². The molecular formula is C13H17N5O2. The molecule has 0 radical (unpaired) electrons. The molecule has 2 aromatic rings. The highest BCUT2D eigenvalue weighted by molar-refractivity contribution is 6.05. The molecule has 0 spiro atoms. The number of carbonyl (C=O) groups is 1. The van der Waals surface area contributed by atoms with Crippen LogP contribution in [0.2, 0.25) is 0 Å². The molecule has 0 aliphatic rings. The maximum atomic E-state index is 12.2. The number of aryl methyl sites for hydroxylation is 1. The molecule has 0 aliphatic carbocycles. The molecule has 7 nitrogen and oxygen atoms in total. The van der Waals surface area contributed by atoms with E-state index in [1.165, 1.54) is 6.20 Å². The van der Waals surface area contributed by atoms with Crippen LogP contribution in [0.15, 0.2) is 10.7 Å². The van der Waals surface area contributed by atoms with Gasteiger partial charge in [-0.05, 0) is 13.8 Å². The van der Waals surface area contributed by atoms with Gasteiger partial charge in [0, 0.05) is 11.5 Å². The second kappa shape index (κ2) is 5.28. The number of nitrogens with two attached hydrogens (primary N) is 1. The van der Waals surface area contributed by atoms with Crippen molar-refractivity contribution in [3.8, 4) is 0 Å². The number of nitrogens with zero attached hydrogens (tertiary/aromatic N) is 3. The van der Waals surface area contributed by atoms with Gasteiger partial charge in [0.05, 0.1) is 17.6 Å². The molecule has 2 rings (SSSR count).